The van der Waals surface area contributed by atoms with E-state index in [9.17, 15) is 4.79 Å². The van der Waals surface area contributed by atoms with E-state index >= 15 is 0 Å². The van der Waals surface area contributed by atoms with E-state index in [0.29, 0.717) is 0 Å². The van der Waals surface area contributed by atoms with Crippen LogP contribution in [0.4, 0.5) is 0 Å². The van der Waals surface area contributed by atoms with Gasteiger partial charge in [-0.2, -0.15) is 0 Å². The highest BCUT2D eigenvalue weighted by atomic mass is 16.4. The second kappa shape index (κ2) is 3.90. The van der Waals surface area contributed by atoms with Crippen molar-refractivity contribution in [3.63, 3.8) is 0 Å². The van der Waals surface area contributed by atoms with Gasteiger partial charge in [0.15, 0.2) is 0 Å². The quantitative estimate of drug-likeness (QED) is 0.679. The number of carboxylic acids is 1. The van der Waals surface area contributed by atoms with Gasteiger partial charge < -0.3 is 10.4 Å². The molecule has 0 aliphatic carbocycles. The van der Waals surface area contributed by atoms with Gasteiger partial charge in [-0.25, -0.2) is 0 Å². The number of nitrogens with one attached hydrogen (secondary N) is 1. The highest BCUT2D eigenvalue weighted by Gasteiger charge is 2.22. The number of aliphatic carboxylic acids is 1. The first kappa shape index (κ1) is 11.4. The van der Waals surface area contributed by atoms with Crippen molar-refractivity contribution >= 4 is 5.97 Å². The molecule has 0 aliphatic rings. The minimum absolute atomic E-state index is 0.00231. The van der Waals surface area contributed by atoms with Gasteiger partial charge in [0, 0.05) is 11.6 Å². The Balaban J connectivity index is 4.04. The van der Waals surface area contributed by atoms with Gasteiger partial charge in [0.05, 0.1) is 5.92 Å². The molecule has 0 aromatic heterocycles. The van der Waals surface area contributed by atoms with Gasteiger partial charge in [-0.15, -0.1) is 0 Å². The molecule has 0 aromatic rings. The maximum absolute atomic E-state index is 10.6. The van der Waals surface area contributed by atoms with Crippen LogP contribution in [0.2, 0.25) is 0 Å². The summed E-state index contributed by atoms with van der Waals surface area (Å²) in [6.07, 6.45) is 0. The summed E-state index contributed by atoms with van der Waals surface area (Å²) >= 11 is 0. The molecule has 2 N–H and O–H groups in total. The van der Waals surface area contributed by atoms with Crippen molar-refractivity contribution < 1.29 is 9.90 Å². The Bertz CT molecular complexity index is 160. The van der Waals surface area contributed by atoms with Crippen LogP contribution in [0.5, 0.6) is 0 Å². The first-order valence-corrected chi connectivity index (χ1v) is 4.24. The lowest BCUT2D eigenvalue weighted by Crippen LogP contribution is -2.46. The van der Waals surface area contributed by atoms with Crippen LogP contribution in [0.25, 0.3) is 0 Å². The van der Waals surface area contributed by atoms with Gasteiger partial charge in [-0.05, 0) is 27.7 Å². The number of hydrogen-bond acceptors (Lipinski definition) is 2. The monoisotopic (exact) mass is 173 g/mol. The highest BCUT2D eigenvalue weighted by Crippen LogP contribution is 2.08. The molecule has 0 radical (unpaired) electrons. The number of hydrogen-bond donors (Lipinski definition) is 2. The minimum Gasteiger partial charge on any atom is -0.481 e. The Kier molecular flexibility index (Phi) is 3.71. The number of carbonyl (C=O) groups is 1. The van der Waals surface area contributed by atoms with Crippen molar-refractivity contribution in [2.75, 3.05) is 0 Å². The molecular formula is C9H19NO2. The Hall–Kier alpha value is -0.570. The molecule has 3 heteroatoms. The standard InChI is InChI=1S/C9H19NO2/c1-6(8(11)12)7(2)10-9(3,4)5/h6-7,10H,1-5H3,(H,11,12). The summed E-state index contributed by atoms with van der Waals surface area (Å²) in [4.78, 5) is 10.6. The first-order chi connectivity index (χ1) is 5.24. The summed E-state index contributed by atoms with van der Waals surface area (Å²) in [5, 5.41) is 11.9. The van der Waals surface area contributed by atoms with Crippen LogP contribution in [0.15, 0.2) is 0 Å². The van der Waals surface area contributed by atoms with Crippen LogP contribution in [-0.2, 0) is 4.79 Å². The van der Waals surface area contributed by atoms with Crippen molar-refractivity contribution in [2.45, 2.75) is 46.2 Å². The average molecular weight is 173 g/mol. The molecule has 0 amide bonds. The van der Waals surface area contributed by atoms with E-state index < -0.39 is 5.97 Å². The summed E-state index contributed by atoms with van der Waals surface area (Å²) < 4.78 is 0. The van der Waals surface area contributed by atoms with Gasteiger partial charge in [-0.1, -0.05) is 6.92 Å². The lowest BCUT2D eigenvalue weighted by atomic mass is 10.00. The van der Waals surface area contributed by atoms with E-state index in [4.69, 9.17) is 5.11 Å². The lowest BCUT2D eigenvalue weighted by Gasteiger charge is -2.28. The van der Waals surface area contributed by atoms with Crippen molar-refractivity contribution in [2.24, 2.45) is 5.92 Å². The van der Waals surface area contributed by atoms with E-state index in [1.54, 1.807) is 6.92 Å². The summed E-state index contributed by atoms with van der Waals surface area (Å²) in [6, 6.07) is 0.00231. The fraction of sp³-hybridized carbons (Fsp3) is 0.889. The van der Waals surface area contributed by atoms with E-state index in [2.05, 4.69) is 5.32 Å². The van der Waals surface area contributed by atoms with Gasteiger partial charge in [0.1, 0.15) is 0 Å². The summed E-state index contributed by atoms with van der Waals surface area (Å²) in [5.74, 6) is -1.09. The number of carboxylic acid groups (broad SMARTS) is 1. The molecule has 0 rings (SSSR count). The molecule has 0 saturated heterocycles. The molecule has 12 heavy (non-hydrogen) atoms. The largest absolute Gasteiger partial charge is 0.481 e. The van der Waals surface area contributed by atoms with Gasteiger partial charge in [-0.3, -0.25) is 4.79 Å². The Morgan fingerprint density at radius 2 is 1.75 bits per heavy atom. The predicted molar refractivity (Wildman–Crippen MR) is 49.2 cm³/mol. The summed E-state index contributed by atoms with van der Waals surface area (Å²) in [6.45, 7) is 9.68. The third kappa shape index (κ3) is 4.34. The molecule has 72 valence electrons. The van der Waals surface area contributed by atoms with Crippen LogP contribution in [0, 0.1) is 5.92 Å². The van der Waals surface area contributed by atoms with Crippen molar-refractivity contribution in [1.82, 2.24) is 5.32 Å². The van der Waals surface area contributed by atoms with E-state index in [-0.39, 0.29) is 17.5 Å². The summed E-state index contributed by atoms with van der Waals surface area (Å²) in [5.41, 5.74) is -0.0247. The SMILES string of the molecule is CC(NC(C)(C)C)C(C)C(=O)O. The zero-order valence-corrected chi connectivity index (χ0v) is 8.51. The molecule has 0 saturated carbocycles. The van der Waals surface area contributed by atoms with Crippen LogP contribution < -0.4 is 5.32 Å². The molecule has 0 spiro atoms. The molecule has 0 aromatic carbocycles. The number of rotatable bonds is 3. The minimum atomic E-state index is -0.751. The third-order valence-corrected chi connectivity index (χ3v) is 1.80. The second-order valence-electron chi connectivity index (χ2n) is 4.31. The Morgan fingerprint density at radius 1 is 1.33 bits per heavy atom. The first-order valence-electron chi connectivity index (χ1n) is 4.24. The van der Waals surface area contributed by atoms with Crippen molar-refractivity contribution in [1.29, 1.82) is 0 Å². The topological polar surface area (TPSA) is 49.3 Å². The summed E-state index contributed by atoms with van der Waals surface area (Å²) in [7, 11) is 0. The van der Waals surface area contributed by atoms with Gasteiger partial charge >= 0.3 is 5.97 Å². The fourth-order valence-corrected chi connectivity index (χ4v) is 1.02. The Morgan fingerprint density at radius 3 is 2.00 bits per heavy atom. The maximum atomic E-state index is 10.6. The molecule has 2 atom stereocenters. The van der Waals surface area contributed by atoms with Crippen LogP contribution >= 0.6 is 0 Å². The molecular weight excluding hydrogens is 154 g/mol. The molecule has 0 bridgehead atoms. The molecule has 0 heterocycles. The third-order valence-electron chi connectivity index (χ3n) is 1.80. The highest BCUT2D eigenvalue weighted by molar-refractivity contribution is 5.70. The molecule has 2 unspecified atom stereocenters. The zero-order chi connectivity index (χ0) is 9.94. The normalized spacial score (nSPS) is 17.1. The smallest absolute Gasteiger partial charge is 0.307 e. The Labute approximate surface area is 74.2 Å². The van der Waals surface area contributed by atoms with E-state index in [1.165, 1.54) is 0 Å². The predicted octanol–water partition coefficient (Wildman–Crippen LogP) is 1.48. The average Bonchev–Trinajstić information content (AvgIpc) is 1.82. The maximum Gasteiger partial charge on any atom is 0.307 e. The van der Waals surface area contributed by atoms with Crippen LogP contribution in [0.1, 0.15) is 34.6 Å². The van der Waals surface area contributed by atoms with Crippen LogP contribution in [-0.4, -0.2) is 22.7 Å². The fourth-order valence-electron chi connectivity index (χ4n) is 1.02. The zero-order valence-electron chi connectivity index (χ0n) is 8.51. The van der Waals surface area contributed by atoms with Gasteiger partial charge in [0.25, 0.3) is 0 Å². The lowest BCUT2D eigenvalue weighted by molar-refractivity contribution is -0.142. The van der Waals surface area contributed by atoms with Crippen LogP contribution in [0.3, 0.4) is 0 Å². The molecule has 3 nitrogen and oxygen atoms in total. The second-order valence-corrected chi connectivity index (χ2v) is 4.31. The molecule has 0 fully saturated rings. The van der Waals surface area contributed by atoms with E-state index in [0.717, 1.165) is 0 Å². The van der Waals surface area contributed by atoms with Gasteiger partial charge in [0.2, 0.25) is 0 Å². The van der Waals surface area contributed by atoms with E-state index in [1.807, 2.05) is 27.7 Å². The van der Waals surface area contributed by atoms with Crippen molar-refractivity contribution in [3.8, 4) is 0 Å². The molecule has 0 aliphatic heterocycles. The van der Waals surface area contributed by atoms with Crippen molar-refractivity contribution in [3.05, 3.63) is 0 Å².